The Morgan fingerprint density at radius 1 is 0.933 bits per heavy atom. The predicted molar refractivity (Wildman–Crippen MR) is 56.7 cm³/mol. The highest BCUT2D eigenvalue weighted by atomic mass is 16.4. The summed E-state index contributed by atoms with van der Waals surface area (Å²) in [5.74, 6) is -2.16. The molecule has 1 aliphatic carbocycles. The Morgan fingerprint density at radius 2 is 1.33 bits per heavy atom. The molecular formula is C11H18O4. The highest BCUT2D eigenvalue weighted by molar-refractivity contribution is 5.81. The van der Waals surface area contributed by atoms with Crippen LogP contribution in [0.1, 0.15) is 44.9 Å². The highest BCUT2D eigenvalue weighted by Crippen LogP contribution is 2.15. The van der Waals surface area contributed by atoms with Crippen LogP contribution in [0.15, 0.2) is 12.2 Å². The third-order valence-corrected chi connectivity index (χ3v) is 2.05. The Balaban J connectivity index is 0.000000280. The summed E-state index contributed by atoms with van der Waals surface area (Å²) in [5.41, 5.74) is 0. The second-order valence-corrected chi connectivity index (χ2v) is 3.46. The lowest BCUT2D eigenvalue weighted by molar-refractivity contribution is -0.136. The van der Waals surface area contributed by atoms with Crippen LogP contribution in [0.3, 0.4) is 0 Å². The summed E-state index contributed by atoms with van der Waals surface area (Å²) in [6, 6.07) is 0. The van der Waals surface area contributed by atoms with E-state index in [-0.39, 0.29) is 6.42 Å². The maximum Gasteiger partial charge on any atom is 0.327 e. The van der Waals surface area contributed by atoms with Crippen LogP contribution in [0.4, 0.5) is 0 Å². The van der Waals surface area contributed by atoms with Gasteiger partial charge in [0.05, 0.1) is 6.42 Å². The largest absolute Gasteiger partial charge is 0.481 e. The molecule has 0 aromatic rings. The molecule has 0 saturated heterocycles. The molecule has 86 valence electrons. The fourth-order valence-electron chi connectivity index (χ4n) is 1.32. The van der Waals surface area contributed by atoms with Gasteiger partial charge < -0.3 is 10.2 Å². The third kappa shape index (κ3) is 12.7. The number of carboxylic acids is 2. The molecule has 0 amide bonds. The van der Waals surface area contributed by atoms with Crippen molar-refractivity contribution < 1.29 is 19.8 Å². The molecule has 0 aliphatic heterocycles. The Hall–Kier alpha value is -1.32. The summed E-state index contributed by atoms with van der Waals surface area (Å²) in [5, 5.41) is 15.9. The van der Waals surface area contributed by atoms with Gasteiger partial charge in [0.1, 0.15) is 0 Å². The highest BCUT2D eigenvalue weighted by Gasteiger charge is 1.95. The van der Waals surface area contributed by atoms with Crippen molar-refractivity contribution in [1.82, 2.24) is 0 Å². The van der Waals surface area contributed by atoms with Crippen molar-refractivity contribution in [2.45, 2.75) is 44.9 Å². The van der Waals surface area contributed by atoms with E-state index in [1.807, 2.05) is 0 Å². The van der Waals surface area contributed by atoms with E-state index in [0.717, 1.165) is 12.2 Å². The molecule has 0 spiro atoms. The first kappa shape index (κ1) is 13.7. The standard InChI is InChI=1S/C6H12.C5H6O4/c1-2-4-6-5-3-1;6-4(7)2-1-3-5(8)9/h1-6H2;1-2H,3H2,(H,6,7)(H,8,9)/b;2-1+. The normalized spacial score (nSPS) is 15.5. The molecule has 0 bridgehead atoms. The quantitative estimate of drug-likeness (QED) is 0.707. The first-order valence-electron chi connectivity index (χ1n) is 5.24. The zero-order valence-electron chi connectivity index (χ0n) is 8.82. The zero-order valence-corrected chi connectivity index (χ0v) is 8.82. The van der Waals surface area contributed by atoms with Crippen molar-refractivity contribution >= 4 is 11.9 Å². The Morgan fingerprint density at radius 3 is 1.60 bits per heavy atom. The van der Waals surface area contributed by atoms with Crippen molar-refractivity contribution in [3.63, 3.8) is 0 Å². The van der Waals surface area contributed by atoms with Gasteiger partial charge in [-0.15, -0.1) is 0 Å². The molecule has 0 unspecified atom stereocenters. The first-order chi connectivity index (χ1) is 7.13. The van der Waals surface area contributed by atoms with Crippen molar-refractivity contribution in [2.24, 2.45) is 0 Å². The predicted octanol–water partition coefficient (Wildman–Crippen LogP) is 2.44. The number of carbonyl (C=O) groups is 2. The van der Waals surface area contributed by atoms with E-state index < -0.39 is 11.9 Å². The van der Waals surface area contributed by atoms with Crippen molar-refractivity contribution in [2.75, 3.05) is 0 Å². The van der Waals surface area contributed by atoms with Gasteiger partial charge >= 0.3 is 11.9 Å². The zero-order chi connectivity index (χ0) is 11.5. The number of hydrogen-bond donors (Lipinski definition) is 2. The minimum atomic E-state index is -1.13. The number of carboxylic acid groups (broad SMARTS) is 2. The van der Waals surface area contributed by atoms with Crippen LogP contribution >= 0.6 is 0 Å². The molecule has 4 nitrogen and oxygen atoms in total. The van der Waals surface area contributed by atoms with Crippen LogP contribution in [0.5, 0.6) is 0 Å². The fourth-order valence-corrected chi connectivity index (χ4v) is 1.32. The fraction of sp³-hybridized carbons (Fsp3) is 0.636. The van der Waals surface area contributed by atoms with Crippen LogP contribution in [0, 0.1) is 0 Å². The van der Waals surface area contributed by atoms with Gasteiger partial charge in [-0.1, -0.05) is 44.6 Å². The van der Waals surface area contributed by atoms with Gasteiger partial charge in [0.15, 0.2) is 0 Å². The Kier molecular flexibility index (Phi) is 8.43. The monoisotopic (exact) mass is 214 g/mol. The molecule has 4 heteroatoms. The van der Waals surface area contributed by atoms with E-state index in [1.54, 1.807) is 0 Å². The van der Waals surface area contributed by atoms with E-state index >= 15 is 0 Å². The molecule has 1 saturated carbocycles. The summed E-state index contributed by atoms with van der Waals surface area (Å²) in [4.78, 5) is 19.4. The summed E-state index contributed by atoms with van der Waals surface area (Å²) in [6.07, 6.45) is 10.6. The van der Waals surface area contributed by atoms with Gasteiger partial charge in [-0.25, -0.2) is 4.79 Å². The van der Waals surface area contributed by atoms with Crippen LogP contribution in [-0.4, -0.2) is 22.2 Å². The maximum absolute atomic E-state index is 9.74. The Labute approximate surface area is 89.6 Å². The van der Waals surface area contributed by atoms with E-state index in [9.17, 15) is 9.59 Å². The van der Waals surface area contributed by atoms with Gasteiger partial charge in [0.25, 0.3) is 0 Å². The van der Waals surface area contributed by atoms with E-state index in [1.165, 1.54) is 38.5 Å². The van der Waals surface area contributed by atoms with Crippen LogP contribution in [0.2, 0.25) is 0 Å². The van der Waals surface area contributed by atoms with Crippen LogP contribution in [-0.2, 0) is 9.59 Å². The average molecular weight is 214 g/mol. The third-order valence-electron chi connectivity index (χ3n) is 2.05. The van der Waals surface area contributed by atoms with Crippen molar-refractivity contribution in [3.05, 3.63) is 12.2 Å². The van der Waals surface area contributed by atoms with Gasteiger partial charge in [0.2, 0.25) is 0 Å². The van der Waals surface area contributed by atoms with Gasteiger partial charge in [-0.05, 0) is 0 Å². The van der Waals surface area contributed by atoms with Gasteiger partial charge in [-0.3, -0.25) is 4.79 Å². The SMILES string of the molecule is C1CCCCC1.O=C(O)/C=C/CC(=O)O. The lowest BCUT2D eigenvalue weighted by Gasteiger charge is -2.05. The molecule has 0 atom stereocenters. The number of aliphatic carboxylic acids is 2. The molecule has 0 heterocycles. The van der Waals surface area contributed by atoms with Crippen LogP contribution < -0.4 is 0 Å². The smallest absolute Gasteiger partial charge is 0.327 e. The second kappa shape index (κ2) is 9.24. The maximum atomic E-state index is 9.74. The van der Waals surface area contributed by atoms with E-state index in [4.69, 9.17) is 10.2 Å². The minimum Gasteiger partial charge on any atom is -0.481 e. The molecule has 15 heavy (non-hydrogen) atoms. The molecule has 1 aliphatic rings. The van der Waals surface area contributed by atoms with E-state index in [0.29, 0.717) is 0 Å². The summed E-state index contributed by atoms with van der Waals surface area (Å²) in [6.45, 7) is 0. The van der Waals surface area contributed by atoms with E-state index in [2.05, 4.69) is 0 Å². The molecule has 0 aromatic heterocycles. The van der Waals surface area contributed by atoms with Crippen molar-refractivity contribution in [1.29, 1.82) is 0 Å². The Bertz CT molecular complexity index is 205. The number of hydrogen-bond acceptors (Lipinski definition) is 2. The van der Waals surface area contributed by atoms with Gasteiger partial charge in [-0.2, -0.15) is 0 Å². The van der Waals surface area contributed by atoms with Crippen LogP contribution in [0.25, 0.3) is 0 Å². The average Bonchev–Trinajstić information content (AvgIpc) is 2.20. The molecule has 1 fully saturated rings. The molecular weight excluding hydrogens is 196 g/mol. The summed E-state index contributed by atoms with van der Waals surface area (Å²) < 4.78 is 0. The minimum absolute atomic E-state index is 0.244. The molecule has 0 radical (unpaired) electrons. The first-order valence-corrected chi connectivity index (χ1v) is 5.24. The number of rotatable bonds is 3. The lowest BCUT2D eigenvalue weighted by atomic mass is 10.0. The van der Waals surface area contributed by atoms with Crippen molar-refractivity contribution in [3.8, 4) is 0 Å². The summed E-state index contributed by atoms with van der Waals surface area (Å²) in [7, 11) is 0. The summed E-state index contributed by atoms with van der Waals surface area (Å²) >= 11 is 0. The molecule has 0 aromatic carbocycles. The van der Waals surface area contributed by atoms with Gasteiger partial charge in [0, 0.05) is 6.08 Å². The molecule has 1 rings (SSSR count). The molecule has 2 N–H and O–H groups in total. The lowest BCUT2D eigenvalue weighted by Crippen LogP contribution is -1.92. The topological polar surface area (TPSA) is 74.6 Å². The second-order valence-electron chi connectivity index (χ2n) is 3.46.